The molecule has 17 heteroatoms. The standard InChI is InChI=1S/C49H63NO16/c1-28-38(55-24-33-18-12-9-13-19-33)42(57-26-35-22-16-11-17-23-35)44(47(54-8)59-28)65-46-37(50-30(3)51)41(40-36(63-46)27-58-49(6,7)66-40)64-48-45(62-32(5)53)43(61-31(4)52)39(29(2)60-48)56-25-34-20-14-10-15-21-34/h9-23,28-29,36-48H,24-27H2,1-8H3,(H,50,51)/t28-,29-,36+,37+,38-,39-,40+,41+,42+,43+,44+,45+,46-,47+,48-/m0/s1. The van der Waals surface area contributed by atoms with Crippen LogP contribution in [0.5, 0.6) is 0 Å². The van der Waals surface area contributed by atoms with Gasteiger partial charge in [-0.25, -0.2) is 0 Å². The van der Waals surface area contributed by atoms with Crippen molar-refractivity contribution in [2.24, 2.45) is 0 Å². The fraction of sp³-hybridized carbons (Fsp3) is 0.571. The summed E-state index contributed by atoms with van der Waals surface area (Å²) < 4.78 is 83.6. The van der Waals surface area contributed by atoms with Crippen molar-refractivity contribution < 1.29 is 76.0 Å². The number of hydrogen-bond donors (Lipinski definition) is 1. The minimum Gasteiger partial charge on any atom is -0.455 e. The van der Waals surface area contributed by atoms with E-state index in [0.717, 1.165) is 16.7 Å². The van der Waals surface area contributed by atoms with Crippen molar-refractivity contribution in [3.8, 4) is 0 Å². The van der Waals surface area contributed by atoms with E-state index in [0.29, 0.717) is 0 Å². The summed E-state index contributed by atoms with van der Waals surface area (Å²) in [6.45, 7) is 11.6. The average molecular weight is 922 g/mol. The van der Waals surface area contributed by atoms with E-state index in [9.17, 15) is 14.4 Å². The predicted octanol–water partition coefficient (Wildman–Crippen LogP) is 4.89. The van der Waals surface area contributed by atoms with Gasteiger partial charge in [0, 0.05) is 27.9 Å². The van der Waals surface area contributed by atoms with E-state index in [1.54, 1.807) is 20.8 Å². The van der Waals surface area contributed by atoms with Gasteiger partial charge in [0.25, 0.3) is 0 Å². The number of rotatable bonds is 17. The summed E-state index contributed by atoms with van der Waals surface area (Å²) in [6.07, 6.45) is -13.8. The molecule has 0 saturated carbocycles. The van der Waals surface area contributed by atoms with Crippen molar-refractivity contribution in [1.29, 1.82) is 0 Å². The number of carbonyl (C=O) groups is 3. The molecule has 0 aliphatic carbocycles. The molecular formula is C49H63NO16. The fourth-order valence-electron chi connectivity index (χ4n) is 8.78. The first kappa shape index (κ1) is 49.5. The van der Waals surface area contributed by atoms with Gasteiger partial charge in [0.05, 0.1) is 38.6 Å². The minimum atomic E-state index is -1.40. The van der Waals surface area contributed by atoms with Gasteiger partial charge >= 0.3 is 11.9 Å². The highest BCUT2D eigenvalue weighted by atomic mass is 16.8. The largest absolute Gasteiger partial charge is 0.455 e. The molecule has 3 aromatic carbocycles. The van der Waals surface area contributed by atoms with Crippen molar-refractivity contribution in [3.05, 3.63) is 108 Å². The van der Waals surface area contributed by atoms with Gasteiger partial charge in [0.15, 0.2) is 36.9 Å². The van der Waals surface area contributed by atoms with Gasteiger partial charge in [-0.2, -0.15) is 0 Å². The van der Waals surface area contributed by atoms with Crippen LogP contribution < -0.4 is 5.32 Å². The highest BCUT2D eigenvalue weighted by molar-refractivity contribution is 5.73. The third kappa shape index (κ3) is 12.6. The highest BCUT2D eigenvalue weighted by Gasteiger charge is 2.58. The van der Waals surface area contributed by atoms with Crippen LogP contribution in [0.25, 0.3) is 0 Å². The molecule has 1 N–H and O–H groups in total. The van der Waals surface area contributed by atoms with Gasteiger partial charge in [-0.3, -0.25) is 14.4 Å². The lowest BCUT2D eigenvalue weighted by molar-refractivity contribution is -0.407. The molecule has 4 aliphatic rings. The van der Waals surface area contributed by atoms with Gasteiger partial charge in [-0.15, -0.1) is 0 Å². The monoisotopic (exact) mass is 921 g/mol. The van der Waals surface area contributed by atoms with Crippen molar-refractivity contribution in [2.45, 2.75) is 166 Å². The summed E-state index contributed by atoms with van der Waals surface area (Å²) >= 11 is 0. The number of esters is 2. The molecule has 66 heavy (non-hydrogen) atoms. The van der Waals surface area contributed by atoms with Crippen LogP contribution in [0.2, 0.25) is 0 Å². The van der Waals surface area contributed by atoms with Crippen LogP contribution >= 0.6 is 0 Å². The SMILES string of the molecule is CO[C@@H]1O[C@@H](C)[C@H](OCc2ccccc2)[C@@H](OCc2ccccc2)[C@H]1O[C@@H]1O[C@@H]2COC(C)(C)O[C@H]2[C@H](O[C@@H]2O[C@@H](C)[C@H](OCc3ccccc3)[C@@H](OC(C)=O)[C@H]2OC(C)=O)[C@H]1NC(C)=O. The van der Waals surface area contributed by atoms with Gasteiger partial charge in [-0.05, 0) is 44.4 Å². The number of carbonyl (C=O) groups excluding carboxylic acids is 3. The third-order valence-electron chi connectivity index (χ3n) is 11.8. The molecule has 1 amide bonds. The predicted molar refractivity (Wildman–Crippen MR) is 233 cm³/mol. The molecule has 0 radical (unpaired) electrons. The third-order valence-corrected chi connectivity index (χ3v) is 11.8. The maximum Gasteiger partial charge on any atom is 0.303 e. The van der Waals surface area contributed by atoms with Gasteiger partial charge < -0.3 is 66.9 Å². The maximum absolute atomic E-state index is 13.3. The molecule has 17 nitrogen and oxygen atoms in total. The van der Waals surface area contributed by atoms with Crippen molar-refractivity contribution in [3.63, 3.8) is 0 Å². The molecular weight excluding hydrogens is 859 g/mol. The van der Waals surface area contributed by atoms with Crippen LogP contribution in [0.1, 0.15) is 65.2 Å². The molecule has 4 saturated heterocycles. The Kier molecular flexibility index (Phi) is 17.0. The fourth-order valence-corrected chi connectivity index (χ4v) is 8.78. The second-order valence-electron chi connectivity index (χ2n) is 17.4. The van der Waals surface area contributed by atoms with Crippen LogP contribution in [-0.4, -0.2) is 129 Å². The quantitative estimate of drug-likeness (QED) is 0.181. The van der Waals surface area contributed by atoms with E-state index in [1.165, 1.54) is 27.9 Å². The summed E-state index contributed by atoms with van der Waals surface area (Å²) in [5, 5.41) is 2.99. The average Bonchev–Trinajstić information content (AvgIpc) is 3.28. The first-order valence-corrected chi connectivity index (χ1v) is 22.4. The Bertz CT molecular complexity index is 2010. The molecule has 0 aromatic heterocycles. The molecule has 0 spiro atoms. The Morgan fingerprint density at radius 1 is 0.591 bits per heavy atom. The van der Waals surface area contributed by atoms with E-state index >= 15 is 0 Å². The Morgan fingerprint density at radius 2 is 1.06 bits per heavy atom. The van der Waals surface area contributed by atoms with E-state index in [1.807, 2.05) is 97.9 Å². The zero-order valence-corrected chi connectivity index (χ0v) is 38.7. The molecule has 4 aliphatic heterocycles. The Labute approximate surface area is 385 Å². The van der Waals surface area contributed by atoms with Crippen molar-refractivity contribution in [2.75, 3.05) is 13.7 Å². The summed E-state index contributed by atoms with van der Waals surface area (Å²) in [6, 6.07) is 27.7. The molecule has 15 atom stereocenters. The Balaban J connectivity index is 1.23. The number of hydrogen-bond acceptors (Lipinski definition) is 16. The second-order valence-corrected chi connectivity index (χ2v) is 17.4. The van der Waals surface area contributed by atoms with Crippen molar-refractivity contribution in [1.82, 2.24) is 5.32 Å². The molecule has 4 fully saturated rings. The number of amides is 1. The lowest BCUT2D eigenvalue weighted by Gasteiger charge is -2.54. The van der Waals surface area contributed by atoms with E-state index in [4.69, 9.17) is 61.6 Å². The second kappa shape index (κ2) is 22.6. The first-order valence-electron chi connectivity index (χ1n) is 22.4. The van der Waals surface area contributed by atoms with Crippen LogP contribution in [0.15, 0.2) is 91.0 Å². The molecule has 7 rings (SSSR count). The van der Waals surface area contributed by atoms with E-state index < -0.39 is 116 Å². The number of fused-ring (bicyclic) bond motifs is 1. The maximum atomic E-state index is 13.3. The Hall–Kier alpha value is -4.37. The highest BCUT2D eigenvalue weighted by Crippen LogP contribution is 2.40. The zero-order valence-electron chi connectivity index (χ0n) is 38.7. The first-order chi connectivity index (χ1) is 31.7. The number of methoxy groups -OCH3 is 1. The smallest absolute Gasteiger partial charge is 0.303 e. The summed E-state index contributed by atoms with van der Waals surface area (Å²) in [5.74, 6) is -2.91. The van der Waals surface area contributed by atoms with Crippen LogP contribution in [0.4, 0.5) is 0 Å². The summed E-state index contributed by atoms with van der Waals surface area (Å²) in [7, 11) is 1.50. The summed E-state index contributed by atoms with van der Waals surface area (Å²) in [4.78, 5) is 38.9. The van der Waals surface area contributed by atoms with Gasteiger partial charge in [-0.1, -0.05) is 91.0 Å². The lowest BCUT2D eigenvalue weighted by Crippen LogP contribution is -2.72. The van der Waals surface area contributed by atoms with E-state index in [-0.39, 0.29) is 26.4 Å². The molecule has 4 heterocycles. The lowest BCUT2D eigenvalue weighted by atomic mass is 9.93. The molecule has 360 valence electrons. The molecule has 0 bridgehead atoms. The van der Waals surface area contributed by atoms with Crippen molar-refractivity contribution >= 4 is 17.8 Å². The molecule has 3 aromatic rings. The van der Waals surface area contributed by atoms with Gasteiger partial charge in [0.2, 0.25) is 5.91 Å². The topological polar surface area (TPSA) is 183 Å². The number of ether oxygens (including phenoxy) is 13. The zero-order chi connectivity index (χ0) is 47.0. The van der Waals surface area contributed by atoms with Crippen LogP contribution in [0.3, 0.4) is 0 Å². The Morgan fingerprint density at radius 3 is 1.56 bits per heavy atom. The molecule has 0 unspecified atom stereocenters. The number of nitrogens with one attached hydrogen (secondary N) is 1. The summed E-state index contributed by atoms with van der Waals surface area (Å²) in [5.41, 5.74) is 2.72. The van der Waals surface area contributed by atoms with Gasteiger partial charge in [0.1, 0.15) is 48.8 Å². The van der Waals surface area contributed by atoms with E-state index in [2.05, 4.69) is 5.32 Å². The van der Waals surface area contributed by atoms with Crippen LogP contribution in [-0.2, 0) is 95.8 Å². The van der Waals surface area contributed by atoms with Crippen LogP contribution in [0, 0.1) is 0 Å². The minimum absolute atomic E-state index is 0.0353. The number of benzene rings is 3. The normalized spacial score (nSPS) is 34.1.